The van der Waals surface area contributed by atoms with Gasteiger partial charge in [0.1, 0.15) is 0 Å². The minimum absolute atomic E-state index is 0.128. The van der Waals surface area contributed by atoms with Crippen LogP contribution >= 0.6 is 34.5 Å². The van der Waals surface area contributed by atoms with Gasteiger partial charge in [-0.1, -0.05) is 23.2 Å². The number of carbonyl (C=O) groups is 1. The Hall–Kier alpha value is -2.03. The first-order chi connectivity index (χ1) is 12.2. The summed E-state index contributed by atoms with van der Waals surface area (Å²) < 4.78 is 38.9. The van der Waals surface area contributed by atoms with E-state index >= 15 is 0 Å². The molecule has 0 spiro atoms. The number of amides is 1. The third-order valence-electron chi connectivity index (χ3n) is 3.27. The molecule has 0 bridgehead atoms. The van der Waals surface area contributed by atoms with Crippen LogP contribution in [0.5, 0.6) is 0 Å². The fraction of sp³-hybridized carbons (Fsp3) is 0.125. The van der Waals surface area contributed by atoms with Crippen molar-refractivity contribution in [2.75, 3.05) is 5.32 Å². The molecular formula is C16H10Cl2F3N3OS. The molecule has 0 unspecified atom stereocenters. The SMILES string of the molecule is O=C(Nc1cc(Cl)cc(Cl)c1)c1cc(Cn2ccc(C(F)(F)F)n2)cs1. The summed E-state index contributed by atoms with van der Waals surface area (Å²) in [5.41, 5.74) is 0.161. The van der Waals surface area contributed by atoms with Crippen LogP contribution < -0.4 is 5.32 Å². The maximum Gasteiger partial charge on any atom is 0.435 e. The van der Waals surface area contributed by atoms with Crippen LogP contribution in [-0.4, -0.2) is 15.7 Å². The molecule has 3 rings (SSSR count). The molecule has 1 N–H and O–H groups in total. The maximum absolute atomic E-state index is 12.6. The number of aromatic nitrogens is 2. The van der Waals surface area contributed by atoms with Crippen molar-refractivity contribution in [2.24, 2.45) is 0 Å². The lowest BCUT2D eigenvalue weighted by Crippen LogP contribution is -2.10. The largest absolute Gasteiger partial charge is 0.435 e. The fourth-order valence-corrected chi connectivity index (χ4v) is 3.51. The number of hydrogen-bond acceptors (Lipinski definition) is 3. The van der Waals surface area contributed by atoms with Crippen LogP contribution in [0.15, 0.2) is 41.9 Å². The Morgan fingerprint density at radius 1 is 1.19 bits per heavy atom. The van der Waals surface area contributed by atoms with Gasteiger partial charge in [-0.3, -0.25) is 9.48 Å². The van der Waals surface area contributed by atoms with Crippen molar-refractivity contribution in [2.45, 2.75) is 12.7 Å². The minimum atomic E-state index is -4.48. The number of hydrogen-bond donors (Lipinski definition) is 1. The molecule has 26 heavy (non-hydrogen) atoms. The Morgan fingerprint density at radius 2 is 1.88 bits per heavy atom. The highest BCUT2D eigenvalue weighted by Crippen LogP contribution is 2.28. The van der Waals surface area contributed by atoms with E-state index in [9.17, 15) is 18.0 Å². The van der Waals surface area contributed by atoms with Gasteiger partial charge in [-0.25, -0.2) is 0 Å². The second-order valence-electron chi connectivity index (χ2n) is 5.33. The lowest BCUT2D eigenvalue weighted by molar-refractivity contribution is -0.141. The van der Waals surface area contributed by atoms with Gasteiger partial charge in [0.25, 0.3) is 5.91 Å². The molecule has 0 saturated carbocycles. The van der Waals surface area contributed by atoms with Crippen LogP contribution in [0.3, 0.4) is 0 Å². The molecule has 0 saturated heterocycles. The Labute approximate surface area is 160 Å². The van der Waals surface area contributed by atoms with Crippen molar-refractivity contribution in [3.05, 3.63) is 68.1 Å². The molecule has 1 aromatic carbocycles. The highest BCUT2D eigenvalue weighted by atomic mass is 35.5. The van der Waals surface area contributed by atoms with E-state index in [-0.39, 0.29) is 12.5 Å². The molecular weight excluding hydrogens is 410 g/mol. The van der Waals surface area contributed by atoms with Crippen LogP contribution in [0.4, 0.5) is 18.9 Å². The molecule has 1 amide bonds. The molecule has 136 valence electrons. The van der Waals surface area contributed by atoms with Crippen LogP contribution in [0.25, 0.3) is 0 Å². The predicted octanol–water partition coefficient (Wildman–Crippen LogP) is 5.57. The van der Waals surface area contributed by atoms with E-state index in [1.165, 1.54) is 22.2 Å². The maximum atomic E-state index is 12.6. The van der Waals surface area contributed by atoms with E-state index in [1.807, 2.05) is 0 Å². The van der Waals surface area contributed by atoms with Crippen molar-refractivity contribution in [3.8, 4) is 0 Å². The predicted molar refractivity (Wildman–Crippen MR) is 95.1 cm³/mol. The standard InChI is InChI=1S/C16H10Cl2F3N3OS/c17-10-4-11(18)6-12(5-10)22-15(25)13-3-9(8-26-13)7-24-2-1-14(23-24)16(19,20)21/h1-6,8H,7H2,(H,22,25). The van der Waals surface area contributed by atoms with Gasteiger partial charge in [0.15, 0.2) is 5.69 Å². The highest BCUT2D eigenvalue weighted by Gasteiger charge is 2.33. The summed E-state index contributed by atoms with van der Waals surface area (Å²) in [6, 6.07) is 7.16. The average molecular weight is 420 g/mol. The Balaban J connectivity index is 1.69. The molecule has 0 aliphatic carbocycles. The Kier molecular flexibility index (Phi) is 5.27. The van der Waals surface area contributed by atoms with Gasteiger partial charge in [0.05, 0.1) is 11.4 Å². The zero-order chi connectivity index (χ0) is 18.9. The number of benzene rings is 1. The summed E-state index contributed by atoms with van der Waals surface area (Å²) >= 11 is 12.9. The quantitative estimate of drug-likeness (QED) is 0.600. The summed E-state index contributed by atoms with van der Waals surface area (Å²) in [5.74, 6) is -0.365. The smallest absolute Gasteiger partial charge is 0.321 e. The summed E-state index contributed by atoms with van der Waals surface area (Å²) in [4.78, 5) is 12.7. The van der Waals surface area contributed by atoms with Crippen molar-refractivity contribution in [1.82, 2.24) is 9.78 Å². The fourth-order valence-electron chi connectivity index (χ4n) is 2.18. The first-order valence-corrected chi connectivity index (χ1v) is 8.80. The zero-order valence-corrected chi connectivity index (χ0v) is 15.2. The lowest BCUT2D eigenvalue weighted by atomic mass is 10.3. The van der Waals surface area contributed by atoms with Gasteiger partial charge < -0.3 is 5.32 Å². The molecule has 0 aliphatic heterocycles. The topological polar surface area (TPSA) is 46.9 Å². The third kappa shape index (κ3) is 4.57. The summed E-state index contributed by atoms with van der Waals surface area (Å²) in [5, 5.41) is 8.62. The van der Waals surface area contributed by atoms with Gasteiger partial charge in [-0.15, -0.1) is 11.3 Å². The van der Waals surface area contributed by atoms with E-state index in [0.29, 0.717) is 26.2 Å². The zero-order valence-electron chi connectivity index (χ0n) is 12.8. The normalized spacial score (nSPS) is 11.6. The van der Waals surface area contributed by atoms with Crippen molar-refractivity contribution in [3.63, 3.8) is 0 Å². The van der Waals surface area contributed by atoms with E-state index in [2.05, 4.69) is 10.4 Å². The van der Waals surface area contributed by atoms with Crippen molar-refractivity contribution < 1.29 is 18.0 Å². The molecule has 0 atom stereocenters. The molecule has 2 heterocycles. The van der Waals surface area contributed by atoms with Gasteiger partial charge >= 0.3 is 6.18 Å². The van der Waals surface area contributed by atoms with Crippen LogP contribution in [-0.2, 0) is 12.7 Å². The summed E-state index contributed by atoms with van der Waals surface area (Å²) in [6.45, 7) is 0.128. The molecule has 0 fully saturated rings. The second-order valence-corrected chi connectivity index (χ2v) is 7.11. The first-order valence-electron chi connectivity index (χ1n) is 7.16. The van der Waals surface area contributed by atoms with Gasteiger partial charge in [-0.2, -0.15) is 18.3 Å². The Morgan fingerprint density at radius 3 is 2.50 bits per heavy atom. The molecule has 0 radical (unpaired) electrons. The number of alkyl halides is 3. The van der Waals surface area contributed by atoms with E-state index in [4.69, 9.17) is 23.2 Å². The number of nitrogens with one attached hydrogen (secondary N) is 1. The van der Waals surface area contributed by atoms with E-state index in [0.717, 1.165) is 6.07 Å². The average Bonchev–Trinajstić information content (AvgIpc) is 3.15. The van der Waals surface area contributed by atoms with Crippen molar-refractivity contribution >= 4 is 46.1 Å². The number of anilines is 1. The summed E-state index contributed by atoms with van der Waals surface area (Å²) in [6.07, 6.45) is -3.24. The molecule has 0 aliphatic rings. The number of nitrogens with zero attached hydrogens (tertiary/aromatic N) is 2. The minimum Gasteiger partial charge on any atom is -0.321 e. The van der Waals surface area contributed by atoms with Gasteiger partial charge in [0, 0.05) is 21.9 Å². The number of carbonyl (C=O) groups excluding carboxylic acids is 1. The number of thiophene rings is 1. The Bertz CT molecular complexity index is 932. The van der Waals surface area contributed by atoms with Crippen molar-refractivity contribution in [1.29, 1.82) is 0 Å². The molecule has 2 aromatic heterocycles. The molecule has 3 aromatic rings. The summed E-state index contributed by atoms with van der Waals surface area (Å²) in [7, 11) is 0. The number of halogens is 5. The van der Waals surface area contributed by atoms with E-state index in [1.54, 1.807) is 29.6 Å². The lowest BCUT2D eigenvalue weighted by Gasteiger charge is -2.05. The molecule has 4 nitrogen and oxygen atoms in total. The van der Waals surface area contributed by atoms with Gasteiger partial charge in [-0.05, 0) is 41.3 Å². The van der Waals surface area contributed by atoms with Gasteiger partial charge in [0.2, 0.25) is 0 Å². The van der Waals surface area contributed by atoms with Crippen LogP contribution in [0, 0.1) is 0 Å². The number of rotatable bonds is 4. The molecule has 10 heteroatoms. The first kappa shape index (κ1) is 18.8. The van der Waals surface area contributed by atoms with E-state index < -0.39 is 11.9 Å². The third-order valence-corrected chi connectivity index (χ3v) is 4.69. The van der Waals surface area contributed by atoms with Crippen LogP contribution in [0.1, 0.15) is 20.9 Å². The monoisotopic (exact) mass is 419 g/mol. The van der Waals surface area contributed by atoms with Crippen LogP contribution in [0.2, 0.25) is 10.0 Å². The highest BCUT2D eigenvalue weighted by molar-refractivity contribution is 7.12. The second kappa shape index (κ2) is 7.30.